The van der Waals surface area contributed by atoms with E-state index in [-0.39, 0.29) is 17.6 Å². The molecule has 0 amide bonds. The van der Waals surface area contributed by atoms with E-state index in [1.165, 1.54) is 11.3 Å². The van der Waals surface area contributed by atoms with E-state index in [1.54, 1.807) is 0 Å². The normalized spacial score (nSPS) is 27.6. The van der Waals surface area contributed by atoms with Crippen molar-refractivity contribution >= 4 is 0 Å². The van der Waals surface area contributed by atoms with Gasteiger partial charge in [0.1, 0.15) is 0 Å². The molecule has 1 saturated carbocycles. The molecule has 0 bridgehead atoms. The summed E-state index contributed by atoms with van der Waals surface area (Å²) in [6.45, 7) is 10.6. The molecule has 1 aliphatic rings. The minimum atomic E-state index is -0.287. The maximum atomic E-state index is 10.4. The molecule has 2 unspecified atom stereocenters. The van der Waals surface area contributed by atoms with Crippen LogP contribution in [0, 0.1) is 19.3 Å². The molecule has 0 aromatic carbocycles. The van der Waals surface area contributed by atoms with Crippen molar-refractivity contribution in [1.82, 2.24) is 9.78 Å². The largest absolute Gasteiger partial charge is 0.390 e. The summed E-state index contributed by atoms with van der Waals surface area (Å²) in [5.74, 6) is 0. The first-order valence-corrected chi connectivity index (χ1v) is 6.61. The molecule has 0 saturated heterocycles. The van der Waals surface area contributed by atoms with Crippen molar-refractivity contribution in [2.24, 2.45) is 5.41 Å². The first-order chi connectivity index (χ1) is 7.88. The van der Waals surface area contributed by atoms with Crippen molar-refractivity contribution in [3.05, 3.63) is 17.0 Å². The van der Waals surface area contributed by atoms with E-state index in [4.69, 9.17) is 0 Å². The van der Waals surface area contributed by atoms with E-state index < -0.39 is 0 Å². The summed E-state index contributed by atoms with van der Waals surface area (Å²) in [4.78, 5) is 0. The van der Waals surface area contributed by atoms with Gasteiger partial charge in [-0.25, -0.2) is 0 Å². The molecule has 1 aromatic rings. The molecule has 1 heterocycles. The molecule has 2 rings (SSSR count). The van der Waals surface area contributed by atoms with Crippen LogP contribution in [0.4, 0.5) is 0 Å². The summed E-state index contributed by atoms with van der Waals surface area (Å²) in [5, 5.41) is 15.0. The molecule has 0 spiro atoms. The highest BCUT2D eigenvalue weighted by atomic mass is 16.3. The molecule has 1 N–H and O–H groups in total. The minimum Gasteiger partial charge on any atom is -0.390 e. The standard InChI is InChI=1S/C14H24N2O/c1-6-11-9(2)15-16(10(11)3)12-7-8-14(4,5)13(12)17/h12-13,17H,6-8H2,1-5H3. The Morgan fingerprint density at radius 2 is 2.06 bits per heavy atom. The summed E-state index contributed by atoms with van der Waals surface area (Å²) in [6, 6.07) is 0.156. The fourth-order valence-corrected chi connectivity index (χ4v) is 3.13. The van der Waals surface area contributed by atoms with Crippen LogP contribution in [0.5, 0.6) is 0 Å². The Balaban J connectivity index is 2.36. The summed E-state index contributed by atoms with van der Waals surface area (Å²) in [5.41, 5.74) is 3.69. The van der Waals surface area contributed by atoms with Crippen LogP contribution in [0.25, 0.3) is 0 Å². The summed E-state index contributed by atoms with van der Waals surface area (Å²) < 4.78 is 2.06. The molecule has 3 nitrogen and oxygen atoms in total. The molecule has 1 fully saturated rings. The van der Waals surface area contributed by atoms with E-state index in [0.717, 1.165) is 25.0 Å². The topological polar surface area (TPSA) is 38.0 Å². The van der Waals surface area contributed by atoms with Gasteiger partial charge in [0.05, 0.1) is 17.8 Å². The van der Waals surface area contributed by atoms with Crippen LogP contribution in [0.15, 0.2) is 0 Å². The molecular formula is C14H24N2O. The Labute approximate surface area is 104 Å². The number of rotatable bonds is 2. The first-order valence-electron chi connectivity index (χ1n) is 6.61. The smallest absolute Gasteiger partial charge is 0.0815 e. The molecule has 1 aliphatic carbocycles. The third-order valence-electron chi connectivity index (χ3n) is 4.39. The summed E-state index contributed by atoms with van der Waals surface area (Å²) >= 11 is 0. The monoisotopic (exact) mass is 236 g/mol. The second kappa shape index (κ2) is 4.13. The lowest BCUT2D eigenvalue weighted by Gasteiger charge is -2.26. The van der Waals surface area contributed by atoms with Crippen LogP contribution in [0.2, 0.25) is 0 Å². The van der Waals surface area contributed by atoms with Gasteiger partial charge in [-0.05, 0) is 44.1 Å². The maximum Gasteiger partial charge on any atom is 0.0815 e. The van der Waals surface area contributed by atoms with Crippen molar-refractivity contribution in [1.29, 1.82) is 0 Å². The Morgan fingerprint density at radius 1 is 1.41 bits per heavy atom. The predicted octanol–water partition coefficient (Wildman–Crippen LogP) is 2.78. The van der Waals surface area contributed by atoms with Crippen molar-refractivity contribution in [3.8, 4) is 0 Å². The average molecular weight is 236 g/mol. The van der Waals surface area contributed by atoms with Gasteiger partial charge in [0.25, 0.3) is 0 Å². The number of nitrogens with zero attached hydrogens (tertiary/aromatic N) is 2. The average Bonchev–Trinajstić information content (AvgIpc) is 2.67. The van der Waals surface area contributed by atoms with Crippen molar-refractivity contribution in [3.63, 3.8) is 0 Å². The molecular weight excluding hydrogens is 212 g/mol. The number of aliphatic hydroxyl groups excluding tert-OH is 1. The third kappa shape index (κ3) is 1.90. The molecule has 0 radical (unpaired) electrons. The molecule has 0 aliphatic heterocycles. The molecule has 96 valence electrons. The van der Waals surface area contributed by atoms with Gasteiger partial charge in [0.2, 0.25) is 0 Å². The van der Waals surface area contributed by atoms with Crippen LogP contribution in [0.3, 0.4) is 0 Å². The molecule has 1 aromatic heterocycles. The fourth-order valence-electron chi connectivity index (χ4n) is 3.13. The number of hydrogen-bond donors (Lipinski definition) is 1. The van der Waals surface area contributed by atoms with Crippen molar-refractivity contribution in [2.75, 3.05) is 0 Å². The first kappa shape index (κ1) is 12.6. The highest BCUT2D eigenvalue weighted by Crippen LogP contribution is 2.44. The lowest BCUT2D eigenvalue weighted by atomic mass is 9.89. The van der Waals surface area contributed by atoms with Gasteiger partial charge in [-0.3, -0.25) is 4.68 Å². The number of aromatic nitrogens is 2. The number of aliphatic hydroxyl groups is 1. The van der Waals surface area contributed by atoms with Gasteiger partial charge in [-0.2, -0.15) is 5.10 Å². The SMILES string of the molecule is CCc1c(C)nn(C2CCC(C)(C)C2O)c1C. The Morgan fingerprint density at radius 3 is 2.47 bits per heavy atom. The second-order valence-electron chi connectivity index (χ2n) is 5.99. The Kier molecular flexibility index (Phi) is 3.06. The van der Waals surface area contributed by atoms with Gasteiger partial charge in [-0.1, -0.05) is 20.8 Å². The van der Waals surface area contributed by atoms with Gasteiger partial charge in [0.15, 0.2) is 0 Å². The van der Waals surface area contributed by atoms with Crippen LogP contribution >= 0.6 is 0 Å². The second-order valence-corrected chi connectivity index (χ2v) is 5.99. The van der Waals surface area contributed by atoms with Gasteiger partial charge in [0, 0.05) is 5.69 Å². The summed E-state index contributed by atoms with van der Waals surface area (Å²) in [6.07, 6.45) is 2.83. The van der Waals surface area contributed by atoms with Crippen LogP contribution in [-0.4, -0.2) is 21.0 Å². The van der Waals surface area contributed by atoms with E-state index in [9.17, 15) is 5.11 Å². The predicted molar refractivity (Wildman–Crippen MR) is 69.1 cm³/mol. The van der Waals surface area contributed by atoms with Gasteiger partial charge >= 0.3 is 0 Å². The van der Waals surface area contributed by atoms with E-state index in [2.05, 4.69) is 44.4 Å². The van der Waals surface area contributed by atoms with Crippen molar-refractivity contribution in [2.45, 2.75) is 66.0 Å². The Hall–Kier alpha value is -0.830. The van der Waals surface area contributed by atoms with Crippen molar-refractivity contribution < 1.29 is 5.11 Å². The number of hydrogen-bond acceptors (Lipinski definition) is 2. The zero-order valence-electron chi connectivity index (χ0n) is 11.6. The van der Waals surface area contributed by atoms with E-state index >= 15 is 0 Å². The minimum absolute atomic E-state index is 0.0172. The van der Waals surface area contributed by atoms with Gasteiger partial charge in [-0.15, -0.1) is 0 Å². The lowest BCUT2D eigenvalue weighted by Crippen LogP contribution is -2.30. The molecule has 2 atom stereocenters. The zero-order valence-corrected chi connectivity index (χ0v) is 11.6. The third-order valence-corrected chi connectivity index (χ3v) is 4.39. The highest BCUT2D eigenvalue weighted by molar-refractivity contribution is 5.25. The van der Waals surface area contributed by atoms with E-state index in [0.29, 0.717) is 0 Å². The maximum absolute atomic E-state index is 10.4. The van der Waals surface area contributed by atoms with Crippen LogP contribution < -0.4 is 0 Å². The Bertz CT molecular complexity index is 420. The zero-order chi connectivity index (χ0) is 12.8. The fraction of sp³-hybridized carbons (Fsp3) is 0.786. The molecule has 3 heteroatoms. The number of aryl methyl sites for hydroxylation is 1. The van der Waals surface area contributed by atoms with E-state index in [1.807, 2.05) is 0 Å². The lowest BCUT2D eigenvalue weighted by molar-refractivity contribution is 0.0456. The molecule has 17 heavy (non-hydrogen) atoms. The quantitative estimate of drug-likeness (QED) is 0.857. The highest BCUT2D eigenvalue weighted by Gasteiger charge is 2.42. The van der Waals surface area contributed by atoms with Crippen LogP contribution in [-0.2, 0) is 6.42 Å². The summed E-state index contributed by atoms with van der Waals surface area (Å²) in [7, 11) is 0. The van der Waals surface area contributed by atoms with Gasteiger partial charge < -0.3 is 5.11 Å². The van der Waals surface area contributed by atoms with Crippen LogP contribution in [0.1, 0.15) is 56.6 Å².